The van der Waals surface area contributed by atoms with Crippen molar-refractivity contribution >= 4 is 21.8 Å². The monoisotopic (exact) mass is 633 g/mol. The van der Waals surface area contributed by atoms with E-state index in [-0.39, 0.29) is 0 Å². The average Bonchev–Trinajstić information content (AvgIpc) is 3.80. The third kappa shape index (κ3) is 3.51. The summed E-state index contributed by atoms with van der Waals surface area (Å²) in [5.41, 5.74) is 19.0. The molecule has 0 radical (unpaired) electrons. The number of aromatic nitrogens is 1. The molecule has 0 saturated heterocycles. The molecule has 1 aromatic heterocycles. The zero-order valence-corrected chi connectivity index (χ0v) is 27.3. The highest BCUT2D eigenvalue weighted by Gasteiger charge is 2.53. The second kappa shape index (κ2) is 10.3. The lowest BCUT2D eigenvalue weighted by atomic mass is 9.68. The zero-order valence-electron chi connectivity index (χ0n) is 27.3. The molecular weight excluding hydrogens is 603 g/mol. The number of hydrogen-bond donors (Lipinski definition) is 0. The van der Waals surface area contributed by atoms with Crippen LogP contribution in [-0.4, -0.2) is 4.57 Å². The van der Waals surface area contributed by atoms with Gasteiger partial charge in [0, 0.05) is 16.5 Å². The maximum absolute atomic E-state index is 2.40. The van der Waals surface area contributed by atoms with E-state index in [2.05, 4.69) is 193 Å². The van der Waals surface area contributed by atoms with Crippen LogP contribution in [0, 0.1) is 0 Å². The summed E-state index contributed by atoms with van der Waals surface area (Å²) in [6.07, 6.45) is 0. The Kier molecular flexibility index (Phi) is 5.66. The first kappa shape index (κ1) is 27.5. The molecule has 1 heteroatoms. The van der Waals surface area contributed by atoms with Gasteiger partial charge in [0.1, 0.15) is 0 Å². The third-order valence-electron chi connectivity index (χ3n) is 11.2. The summed E-state index contributed by atoms with van der Waals surface area (Å²) < 4.78 is 2.40. The van der Waals surface area contributed by atoms with Gasteiger partial charge in [-0.3, -0.25) is 0 Å². The molecule has 0 bridgehead atoms. The van der Waals surface area contributed by atoms with E-state index in [9.17, 15) is 0 Å². The molecule has 0 aliphatic heterocycles. The number of benzene rings is 8. The van der Waals surface area contributed by atoms with Crippen molar-refractivity contribution < 1.29 is 0 Å². The maximum Gasteiger partial charge on any atom is 0.0731 e. The fourth-order valence-electron chi connectivity index (χ4n) is 9.34. The van der Waals surface area contributed by atoms with Crippen molar-refractivity contribution in [2.24, 2.45) is 0 Å². The molecule has 9 aromatic rings. The van der Waals surface area contributed by atoms with Gasteiger partial charge in [-0.25, -0.2) is 0 Å². The minimum atomic E-state index is -0.440. The van der Waals surface area contributed by atoms with Crippen molar-refractivity contribution in [3.8, 4) is 50.2 Å². The van der Waals surface area contributed by atoms with Crippen LogP contribution in [0.1, 0.15) is 22.3 Å². The summed E-state index contributed by atoms with van der Waals surface area (Å²) in [5.74, 6) is 0. The van der Waals surface area contributed by atoms with Crippen LogP contribution in [0.4, 0.5) is 0 Å². The van der Waals surface area contributed by atoms with Gasteiger partial charge < -0.3 is 4.57 Å². The smallest absolute Gasteiger partial charge is 0.0731 e. The molecular formula is C49H31N. The quantitative estimate of drug-likeness (QED) is 0.182. The molecule has 1 atom stereocenters. The summed E-state index contributed by atoms with van der Waals surface area (Å²) in [6, 6.07) is 69.7. The molecule has 2 aliphatic carbocycles. The van der Waals surface area contributed by atoms with E-state index in [0.29, 0.717) is 0 Å². The Labute approximate surface area is 291 Å². The molecule has 1 spiro atoms. The van der Waals surface area contributed by atoms with E-state index < -0.39 is 5.41 Å². The lowest BCUT2D eigenvalue weighted by molar-refractivity contribution is 0.796. The summed E-state index contributed by atoms with van der Waals surface area (Å²) in [5, 5.41) is 2.56. The van der Waals surface area contributed by atoms with E-state index >= 15 is 0 Å². The predicted octanol–water partition coefficient (Wildman–Crippen LogP) is 12.5. The van der Waals surface area contributed by atoms with E-state index in [4.69, 9.17) is 0 Å². The van der Waals surface area contributed by atoms with Crippen LogP contribution in [-0.2, 0) is 5.41 Å². The standard InChI is InChI=1S/C49H31N/c1-2-14-32(15-3-1)35-20-13-25-44-47(35)41-19-5-9-24-43(41)49(44)42-23-8-4-16-37(42)40-22-12-21-36(48(40)49)33-28-30-34(31-29-33)50-45-26-10-6-17-38(45)39-18-7-11-27-46(39)50/h1-31H. The molecule has 8 aromatic carbocycles. The van der Waals surface area contributed by atoms with Gasteiger partial charge in [0.2, 0.25) is 0 Å². The van der Waals surface area contributed by atoms with Crippen molar-refractivity contribution in [2.45, 2.75) is 5.41 Å². The largest absolute Gasteiger partial charge is 0.309 e. The first-order valence-electron chi connectivity index (χ1n) is 17.5. The predicted molar refractivity (Wildman–Crippen MR) is 208 cm³/mol. The van der Waals surface area contributed by atoms with Crippen LogP contribution < -0.4 is 0 Å². The van der Waals surface area contributed by atoms with E-state index in [1.54, 1.807) is 0 Å². The Balaban J connectivity index is 1.18. The van der Waals surface area contributed by atoms with Gasteiger partial charge in [-0.1, -0.05) is 164 Å². The minimum Gasteiger partial charge on any atom is -0.309 e. The minimum absolute atomic E-state index is 0.440. The topological polar surface area (TPSA) is 4.93 Å². The first-order chi connectivity index (χ1) is 24.8. The van der Waals surface area contributed by atoms with Crippen molar-refractivity contribution in [2.75, 3.05) is 0 Å². The van der Waals surface area contributed by atoms with E-state index in [1.165, 1.54) is 94.3 Å². The molecule has 0 amide bonds. The molecule has 232 valence electrons. The molecule has 2 aliphatic rings. The Morgan fingerprint density at radius 3 is 1.56 bits per heavy atom. The first-order valence-corrected chi connectivity index (χ1v) is 17.5. The van der Waals surface area contributed by atoms with Crippen molar-refractivity contribution in [3.63, 3.8) is 0 Å². The Hall–Kier alpha value is -6.44. The van der Waals surface area contributed by atoms with Gasteiger partial charge in [-0.15, -0.1) is 0 Å². The van der Waals surface area contributed by atoms with E-state index in [1.807, 2.05) is 0 Å². The number of nitrogens with zero attached hydrogens (tertiary/aromatic N) is 1. The van der Waals surface area contributed by atoms with Crippen LogP contribution in [0.2, 0.25) is 0 Å². The molecule has 0 N–H and O–H groups in total. The van der Waals surface area contributed by atoms with Crippen LogP contribution in [0.5, 0.6) is 0 Å². The summed E-state index contributed by atoms with van der Waals surface area (Å²) in [7, 11) is 0. The fourth-order valence-corrected chi connectivity index (χ4v) is 9.34. The van der Waals surface area contributed by atoms with Crippen molar-refractivity contribution in [1.82, 2.24) is 4.57 Å². The average molecular weight is 634 g/mol. The van der Waals surface area contributed by atoms with Gasteiger partial charge in [-0.05, 0) is 91.0 Å². The highest BCUT2D eigenvalue weighted by atomic mass is 15.0. The third-order valence-corrected chi connectivity index (χ3v) is 11.2. The number of fused-ring (bicyclic) bond motifs is 13. The molecule has 0 fully saturated rings. The molecule has 50 heavy (non-hydrogen) atoms. The Bertz CT molecular complexity index is 2750. The van der Waals surface area contributed by atoms with Gasteiger partial charge in [-0.2, -0.15) is 0 Å². The second-order valence-corrected chi connectivity index (χ2v) is 13.6. The number of rotatable bonds is 3. The van der Waals surface area contributed by atoms with Gasteiger partial charge in [0.25, 0.3) is 0 Å². The fraction of sp³-hybridized carbons (Fsp3) is 0.0204. The van der Waals surface area contributed by atoms with Gasteiger partial charge in [0.15, 0.2) is 0 Å². The van der Waals surface area contributed by atoms with Crippen LogP contribution in [0.25, 0.3) is 72.0 Å². The zero-order chi connectivity index (χ0) is 32.8. The maximum atomic E-state index is 2.40. The highest BCUT2D eigenvalue weighted by Crippen LogP contribution is 2.65. The normalized spacial score (nSPS) is 15.3. The van der Waals surface area contributed by atoms with Gasteiger partial charge in [0.05, 0.1) is 16.4 Å². The van der Waals surface area contributed by atoms with Crippen LogP contribution >= 0.6 is 0 Å². The molecule has 1 heterocycles. The highest BCUT2D eigenvalue weighted by molar-refractivity contribution is 6.09. The second-order valence-electron chi connectivity index (χ2n) is 13.6. The number of para-hydroxylation sites is 2. The Morgan fingerprint density at radius 2 is 0.820 bits per heavy atom. The molecule has 1 unspecified atom stereocenters. The molecule has 1 nitrogen and oxygen atoms in total. The number of hydrogen-bond acceptors (Lipinski definition) is 0. The van der Waals surface area contributed by atoms with E-state index in [0.717, 1.165) is 0 Å². The van der Waals surface area contributed by atoms with Crippen molar-refractivity contribution in [1.29, 1.82) is 0 Å². The lowest BCUT2D eigenvalue weighted by Gasteiger charge is -2.32. The summed E-state index contributed by atoms with van der Waals surface area (Å²) >= 11 is 0. The lowest BCUT2D eigenvalue weighted by Crippen LogP contribution is -2.26. The van der Waals surface area contributed by atoms with Gasteiger partial charge >= 0.3 is 0 Å². The van der Waals surface area contributed by atoms with Crippen molar-refractivity contribution in [3.05, 3.63) is 210 Å². The van der Waals surface area contributed by atoms with Crippen LogP contribution in [0.15, 0.2) is 188 Å². The molecule has 11 rings (SSSR count). The molecule has 0 saturated carbocycles. The summed E-state index contributed by atoms with van der Waals surface area (Å²) in [4.78, 5) is 0. The van der Waals surface area contributed by atoms with Crippen LogP contribution in [0.3, 0.4) is 0 Å². The SMILES string of the molecule is c1ccc(-c2cccc3c2-c2ccccc2C32c3ccccc3-c3cccc(-c4ccc(-n5c6ccccc6c6ccccc65)cc4)c32)cc1. The summed E-state index contributed by atoms with van der Waals surface area (Å²) in [6.45, 7) is 0. The Morgan fingerprint density at radius 1 is 0.320 bits per heavy atom.